The van der Waals surface area contributed by atoms with Crippen LogP contribution < -0.4 is 10.1 Å². The molecule has 0 aliphatic carbocycles. The van der Waals surface area contributed by atoms with Gasteiger partial charge in [-0.1, -0.05) is 19.1 Å². The highest BCUT2D eigenvalue weighted by Gasteiger charge is 2.14. The Kier molecular flexibility index (Phi) is 7.14. The minimum atomic E-state index is -0.437. The van der Waals surface area contributed by atoms with Gasteiger partial charge in [-0.25, -0.2) is 9.78 Å². The molecule has 2 rings (SSSR count). The Morgan fingerprint density at radius 2 is 1.96 bits per heavy atom. The molecule has 1 aromatic heterocycles. The normalized spacial score (nSPS) is 10.3. The number of esters is 1. The van der Waals surface area contributed by atoms with E-state index >= 15 is 0 Å². The number of hydrogen-bond donors (Lipinski definition) is 1. The number of rotatable bonds is 8. The fraction of sp³-hybridized carbons (Fsp3) is 0.350. The minimum Gasteiger partial charge on any atom is -0.494 e. The van der Waals surface area contributed by atoms with E-state index in [1.165, 1.54) is 6.07 Å². The number of pyridine rings is 1. The van der Waals surface area contributed by atoms with Crippen molar-refractivity contribution in [1.82, 2.24) is 10.3 Å². The third-order valence-corrected chi connectivity index (χ3v) is 3.64. The van der Waals surface area contributed by atoms with Crippen molar-refractivity contribution < 1.29 is 19.1 Å². The van der Waals surface area contributed by atoms with E-state index in [1.807, 2.05) is 31.2 Å². The first-order valence-corrected chi connectivity index (χ1v) is 8.69. The summed E-state index contributed by atoms with van der Waals surface area (Å²) in [4.78, 5) is 28.3. The fourth-order valence-corrected chi connectivity index (χ4v) is 2.35. The summed E-state index contributed by atoms with van der Waals surface area (Å²) in [6, 6.07) is 10.7. The lowest BCUT2D eigenvalue weighted by atomic mass is 10.1. The number of ether oxygens (including phenoxy) is 2. The number of carbonyl (C=O) groups excluding carboxylic acids is 2. The van der Waals surface area contributed by atoms with Crippen LogP contribution >= 0.6 is 0 Å². The lowest BCUT2D eigenvalue weighted by Gasteiger charge is -2.09. The van der Waals surface area contributed by atoms with Gasteiger partial charge in [-0.15, -0.1) is 0 Å². The molecule has 0 aliphatic rings. The highest BCUT2D eigenvalue weighted by atomic mass is 16.5. The maximum Gasteiger partial charge on any atom is 0.339 e. The van der Waals surface area contributed by atoms with E-state index in [0.29, 0.717) is 31.0 Å². The van der Waals surface area contributed by atoms with Crippen LogP contribution in [0.15, 0.2) is 36.4 Å². The van der Waals surface area contributed by atoms with E-state index in [9.17, 15) is 9.59 Å². The third-order valence-electron chi connectivity index (χ3n) is 3.64. The fourth-order valence-electron chi connectivity index (χ4n) is 2.35. The third kappa shape index (κ3) is 5.31. The molecule has 1 aromatic carbocycles. The average Bonchev–Trinajstić information content (AvgIpc) is 2.64. The SMILES string of the molecule is CCCOc1cccc(CNC(=O)c2ccc(C(=O)OCC)c(C)n2)c1. The number of aryl methyl sites for hydroxylation is 1. The molecule has 1 heterocycles. The molecular weight excluding hydrogens is 332 g/mol. The number of nitrogens with one attached hydrogen (secondary N) is 1. The first-order valence-electron chi connectivity index (χ1n) is 8.69. The van der Waals surface area contributed by atoms with E-state index in [0.717, 1.165) is 17.7 Å². The van der Waals surface area contributed by atoms with Crippen LogP contribution in [-0.4, -0.2) is 30.1 Å². The van der Waals surface area contributed by atoms with Crippen LogP contribution in [0.5, 0.6) is 5.75 Å². The monoisotopic (exact) mass is 356 g/mol. The summed E-state index contributed by atoms with van der Waals surface area (Å²) < 4.78 is 10.6. The molecule has 0 bridgehead atoms. The van der Waals surface area contributed by atoms with Crippen molar-refractivity contribution in [1.29, 1.82) is 0 Å². The Morgan fingerprint density at radius 1 is 1.15 bits per heavy atom. The summed E-state index contributed by atoms with van der Waals surface area (Å²) in [7, 11) is 0. The highest BCUT2D eigenvalue weighted by Crippen LogP contribution is 2.14. The summed E-state index contributed by atoms with van der Waals surface area (Å²) >= 11 is 0. The van der Waals surface area contributed by atoms with E-state index in [-0.39, 0.29) is 11.6 Å². The number of hydrogen-bond acceptors (Lipinski definition) is 5. The van der Waals surface area contributed by atoms with Gasteiger partial charge in [-0.3, -0.25) is 4.79 Å². The second kappa shape index (κ2) is 9.56. The molecule has 2 aromatic rings. The summed E-state index contributed by atoms with van der Waals surface area (Å²) in [6.45, 7) is 6.78. The zero-order valence-corrected chi connectivity index (χ0v) is 15.4. The maximum atomic E-state index is 12.3. The van der Waals surface area contributed by atoms with Gasteiger partial charge in [0.2, 0.25) is 0 Å². The zero-order valence-electron chi connectivity index (χ0n) is 15.4. The second-order valence-electron chi connectivity index (χ2n) is 5.73. The van der Waals surface area contributed by atoms with Gasteiger partial charge in [0.1, 0.15) is 11.4 Å². The van der Waals surface area contributed by atoms with Crippen molar-refractivity contribution in [2.24, 2.45) is 0 Å². The van der Waals surface area contributed by atoms with Crippen molar-refractivity contribution in [2.45, 2.75) is 33.7 Å². The van der Waals surface area contributed by atoms with Crippen LogP contribution in [0.4, 0.5) is 0 Å². The minimum absolute atomic E-state index is 0.258. The Bertz CT molecular complexity index is 774. The summed E-state index contributed by atoms with van der Waals surface area (Å²) in [5, 5.41) is 2.83. The molecule has 6 nitrogen and oxygen atoms in total. The number of nitrogens with zero attached hydrogens (tertiary/aromatic N) is 1. The van der Waals surface area contributed by atoms with Gasteiger partial charge in [-0.05, 0) is 50.1 Å². The lowest BCUT2D eigenvalue weighted by Crippen LogP contribution is -2.24. The van der Waals surface area contributed by atoms with Gasteiger partial charge in [0, 0.05) is 6.54 Å². The van der Waals surface area contributed by atoms with Crippen molar-refractivity contribution in [3.05, 3.63) is 58.9 Å². The smallest absolute Gasteiger partial charge is 0.339 e. The first kappa shape index (κ1) is 19.4. The first-order chi connectivity index (χ1) is 12.5. The van der Waals surface area contributed by atoms with E-state index in [2.05, 4.69) is 10.3 Å². The van der Waals surface area contributed by atoms with Crippen LogP contribution in [0, 0.1) is 6.92 Å². The molecular formula is C20H24N2O4. The molecule has 0 fully saturated rings. The molecule has 0 aliphatic heterocycles. The highest BCUT2D eigenvalue weighted by molar-refractivity contribution is 5.95. The molecule has 0 saturated carbocycles. The van der Waals surface area contributed by atoms with Crippen LogP contribution in [0.1, 0.15) is 52.4 Å². The summed E-state index contributed by atoms with van der Waals surface area (Å²) in [5.41, 5.74) is 2.02. The molecule has 0 atom stereocenters. The topological polar surface area (TPSA) is 77.5 Å². The van der Waals surface area contributed by atoms with Crippen molar-refractivity contribution in [3.63, 3.8) is 0 Å². The van der Waals surface area contributed by atoms with Crippen LogP contribution in [0.3, 0.4) is 0 Å². The quantitative estimate of drug-likeness (QED) is 0.735. The largest absolute Gasteiger partial charge is 0.494 e. The summed E-state index contributed by atoms with van der Waals surface area (Å²) in [6.07, 6.45) is 0.938. The predicted octanol–water partition coefficient (Wildman–Crippen LogP) is 3.29. The van der Waals surface area contributed by atoms with E-state index in [4.69, 9.17) is 9.47 Å². The molecule has 1 amide bonds. The molecule has 26 heavy (non-hydrogen) atoms. The van der Waals surface area contributed by atoms with Gasteiger partial charge in [0.15, 0.2) is 0 Å². The van der Waals surface area contributed by atoms with Gasteiger partial charge in [0.25, 0.3) is 5.91 Å². The van der Waals surface area contributed by atoms with E-state index < -0.39 is 5.97 Å². The molecule has 1 N–H and O–H groups in total. The predicted molar refractivity (Wildman–Crippen MR) is 98.3 cm³/mol. The van der Waals surface area contributed by atoms with Gasteiger partial charge >= 0.3 is 5.97 Å². The zero-order chi connectivity index (χ0) is 18.9. The Hall–Kier alpha value is -2.89. The number of carbonyl (C=O) groups is 2. The Labute approximate surface area is 153 Å². The molecule has 138 valence electrons. The second-order valence-corrected chi connectivity index (χ2v) is 5.73. The van der Waals surface area contributed by atoms with E-state index in [1.54, 1.807) is 19.9 Å². The maximum absolute atomic E-state index is 12.3. The molecule has 6 heteroatoms. The molecule has 0 radical (unpaired) electrons. The lowest BCUT2D eigenvalue weighted by molar-refractivity contribution is 0.0524. The van der Waals surface area contributed by atoms with Gasteiger partial charge in [-0.2, -0.15) is 0 Å². The number of benzene rings is 1. The standard InChI is InChI=1S/C20H24N2O4/c1-4-11-26-16-8-6-7-15(12-16)13-21-19(23)18-10-9-17(14(3)22-18)20(24)25-5-2/h6-10,12H,4-5,11,13H2,1-3H3,(H,21,23). The van der Waals surface area contributed by atoms with Crippen molar-refractivity contribution in [2.75, 3.05) is 13.2 Å². The van der Waals surface area contributed by atoms with Gasteiger partial charge in [0.05, 0.1) is 24.5 Å². The Balaban J connectivity index is 2.00. The van der Waals surface area contributed by atoms with Crippen molar-refractivity contribution >= 4 is 11.9 Å². The Morgan fingerprint density at radius 3 is 2.65 bits per heavy atom. The molecule has 0 spiro atoms. The van der Waals surface area contributed by atoms with Gasteiger partial charge < -0.3 is 14.8 Å². The summed E-state index contributed by atoms with van der Waals surface area (Å²) in [5.74, 6) is 0.0445. The van der Waals surface area contributed by atoms with Crippen molar-refractivity contribution in [3.8, 4) is 5.75 Å². The van der Waals surface area contributed by atoms with Crippen LogP contribution in [0.25, 0.3) is 0 Å². The number of amides is 1. The van der Waals surface area contributed by atoms with Crippen LogP contribution in [-0.2, 0) is 11.3 Å². The molecule has 0 unspecified atom stereocenters. The molecule has 0 saturated heterocycles. The van der Waals surface area contributed by atoms with Crippen LogP contribution in [0.2, 0.25) is 0 Å². The average molecular weight is 356 g/mol. The number of aromatic nitrogens is 1.